The average Bonchev–Trinajstić information content (AvgIpc) is 2.75. The molecular formula is C12H11F3N2O3. The first-order valence-corrected chi connectivity index (χ1v) is 5.29. The number of aromatic nitrogens is 1. The van der Waals surface area contributed by atoms with Crippen molar-refractivity contribution < 1.29 is 27.6 Å². The molecule has 0 fully saturated rings. The van der Waals surface area contributed by atoms with Crippen LogP contribution >= 0.6 is 0 Å². The molecule has 0 bridgehead atoms. The summed E-state index contributed by atoms with van der Waals surface area (Å²) in [4.78, 5) is 10.2. The van der Waals surface area contributed by atoms with Gasteiger partial charge in [-0.25, -0.2) is 4.79 Å². The Labute approximate surface area is 111 Å². The van der Waals surface area contributed by atoms with Crippen molar-refractivity contribution in [2.45, 2.75) is 13.1 Å². The van der Waals surface area contributed by atoms with Crippen molar-refractivity contribution in [1.29, 1.82) is 0 Å². The normalized spacial score (nSPS) is 10.6. The summed E-state index contributed by atoms with van der Waals surface area (Å²) in [5, 5.41) is 11.6. The van der Waals surface area contributed by atoms with Crippen molar-refractivity contribution in [3.05, 3.63) is 47.3 Å². The van der Waals surface area contributed by atoms with Crippen LogP contribution in [0.2, 0.25) is 0 Å². The van der Waals surface area contributed by atoms with Crippen molar-refractivity contribution in [3.63, 3.8) is 0 Å². The highest BCUT2D eigenvalue weighted by Crippen LogP contribution is 2.29. The standard InChI is InChI=1S/C7H6F3N.C5H5NO3/c8-7(9,10)5-2-1-3-6(11)4-5;1-3-4(5(7)8)2-6-9-3/h1-4H,11H2;2H,1H3,(H,7,8). The predicted molar refractivity (Wildman–Crippen MR) is 64.1 cm³/mol. The predicted octanol–water partition coefficient (Wildman–Crippen LogP) is 2.97. The lowest BCUT2D eigenvalue weighted by atomic mass is 10.2. The lowest BCUT2D eigenvalue weighted by Gasteiger charge is -2.05. The topological polar surface area (TPSA) is 89.3 Å². The van der Waals surface area contributed by atoms with Crippen LogP contribution in [-0.2, 0) is 6.18 Å². The number of hydrogen-bond donors (Lipinski definition) is 2. The number of carboxylic acids is 1. The molecule has 1 aromatic carbocycles. The van der Waals surface area contributed by atoms with Crippen LogP contribution in [0.15, 0.2) is 35.0 Å². The van der Waals surface area contributed by atoms with Gasteiger partial charge in [0.2, 0.25) is 0 Å². The summed E-state index contributed by atoms with van der Waals surface area (Å²) in [5.74, 6) is -0.670. The zero-order valence-corrected chi connectivity index (χ0v) is 10.3. The van der Waals surface area contributed by atoms with Crippen molar-refractivity contribution in [1.82, 2.24) is 5.16 Å². The van der Waals surface area contributed by atoms with Gasteiger partial charge < -0.3 is 15.4 Å². The molecule has 0 saturated carbocycles. The van der Waals surface area contributed by atoms with E-state index in [9.17, 15) is 18.0 Å². The van der Waals surface area contributed by atoms with Crippen LogP contribution in [0.5, 0.6) is 0 Å². The molecule has 2 rings (SSSR count). The average molecular weight is 288 g/mol. The van der Waals surface area contributed by atoms with Gasteiger partial charge in [-0.15, -0.1) is 0 Å². The van der Waals surface area contributed by atoms with Crippen molar-refractivity contribution in [3.8, 4) is 0 Å². The van der Waals surface area contributed by atoms with Crippen LogP contribution in [-0.4, -0.2) is 16.2 Å². The minimum absolute atomic E-state index is 0.120. The summed E-state index contributed by atoms with van der Waals surface area (Å²) in [6, 6.07) is 4.57. The molecule has 0 radical (unpaired) electrons. The summed E-state index contributed by atoms with van der Waals surface area (Å²) in [5.41, 5.74) is 4.69. The van der Waals surface area contributed by atoms with E-state index in [-0.39, 0.29) is 11.3 Å². The number of hydrogen-bond acceptors (Lipinski definition) is 4. The molecule has 0 aliphatic rings. The monoisotopic (exact) mass is 288 g/mol. The van der Waals surface area contributed by atoms with E-state index in [1.165, 1.54) is 18.3 Å². The van der Waals surface area contributed by atoms with E-state index >= 15 is 0 Å². The number of anilines is 1. The van der Waals surface area contributed by atoms with Crippen LogP contribution in [0, 0.1) is 6.92 Å². The third-order valence-corrected chi connectivity index (χ3v) is 2.20. The zero-order valence-electron chi connectivity index (χ0n) is 10.3. The molecule has 8 heteroatoms. The highest BCUT2D eigenvalue weighted by molar-refractivity contribution is 5.88. The number of benzene rings is 1. The van der Waals surface area contributed by atoms with Gasteiger partial charge in [0.15, 0.2) is 0 Å². The van der Waals surface area contributed by atoms with Crippen LogP contribution in [0.1, 0.15) is 21.7 Å². The molecule has 1 aromatic heterocycles. The molecule has 0 aliphatic heterocycles. The summed E-state index contributed by atoms with van der Waals surface area (Å²) in [6.07, 6.45) is -3.12. The van der Waals surface area contributed by atoms with Crippen LogP contribution in [0.3, 0.4) is 0 Å². The Morgan fingerprint density at radius 2 is 2.05 bits per heavy atom. The Hall–Kier alpha value is -2.51. The number of nitrogen functional groups attached to an aromatic ring is 1. The van der Waals surface area contributed by atoms with Gasteiger partial charge >= 0.3 is 12.1 Å². The number of aromatic carboxylic acids is 1. The molecule has 3 N–H and O–H groups in total. The molecule has 0 unspecified atom stereocenters. The van der Waals surface area contributed by atoms with Gasteiger partial charge in [0.1, 0.15) is 11.3 Å². The summed E-state index contributed by atoms with van der Waals surface area (Å²) in [7, 11) is 0. The summed E-state index contributed by atoms with van der Waals surface area (Å²) in [6.45, 7) is 1.55. The van der Waals surface area contributed by atoms with E-state index in [0.717, 1.165) is 12.1 Å². The molecule has 2 aromatic rings. The number of nitrogens with zero attached hydrogens (tertiary/aromatic N) is 1. The van der Waals surface area contributed by atoms with E-state index in [0.29, 0.717) is 5.76 Å². The van der Waals surface area contributed by atoms with Gasteiger partial charge in [0, 0.05) is 5.69 Å². The number of carbonyl (C=O) groups is 1. The molecule has 0 atom stereocenters. The Morgan fingerprint density at radius 3 is 2.35 bits per heavy atom. The number of halogens is 3. The summed E-state index contributed by atoms with van der Waals surface area (Å²) >= 11 is 0. The Morgan fingerprint density at radius 1 is 1.40 bits per heavy atom. The van der Waals surface area contributed by atoms with E-state index in [1.54, 1.807) is 6.92 Å². The number of nitrogens with two attached hydrogens (primary N) is 1. The first-order valence-electron chi connectivity index (χ1n) is 5.29. The summed E-state index contributed by atoms with van der Waals surface area (Å²) < 4.78 is 40.2. The second kappa shape index (κ2) is 6.09. The van der Waals surface area contributed by atoms with Gasteiger partial charge in [0.25, 0.3) is 0 Å². The van der Waals surface area contributed by atoms with Gasteiger partial charge in [0.05, 0.1) is 11.8 Å². The number of alkyl halides is 3. The highest BCUT2D eigenvalue weighted by atomic mass is 19.4. The molecule has 0 aliphatic carbocycles. The minimum Gasteiger partial charge on any atom is -0.478 e. The lowest BCUT2D eigenvalue weighted by molar-refractivity contribution is -0.137. The molecule has 0 amide bonds. The number of aryl methyl sites for hydroxylation is 1. The first-order chi connectivity index (χ1) is 9.21. The smallest absolute Gasteiger partial charge is 0.416 e. The maximum atomic E-state index is 11.9. The first kappa shape index (κ1) is 15.5. The van der Waals surface area contributed by atoms with Gasteiger partial charge in [-0.1, -0.05) is 11.2 Å². The third-order valence-electron chi connectivity index (χ3n) is 2.20. The maximum absolute atomic E-state index is 11.9. The second-order valence-corrected chi connectivity index (χ2v) is 3.72. The fraction of sp³-hybridized carbons (Fsp3) is 0.167. The van der Waals surface area contributed by atoms with Crippen molar-refractivity contribution >= 4 is 11.7 Å². The third kappa shape index (κ3) is 4.30. The van der Waals surface area contributed by atoms with Crippen LogP contribution < -0.4 is 5.73 Å². The highest BCUT2D eigenvalue weighted by Gasteiger charge is 2.30. The number of rotatable bonds is 1. The quantitative estimate of drug-likeness (QED) is 0.787. The van der Waals surface area contributed by atoms with Gasteiger partial charge in [-0.3, -0.25) is 0 Å². The molecule has 5 nitrogen and oxygen atoms in total. The molecule has 0 saturated heterocycles. The van der Waals surface area contributed by atoms with E-state index in [1.807, 2.05) is 0 Å². The van der Waals surface area contributed by atoms with Crippen molar-refractivity contribution in [2.75, 3.05) is 5.73 Å². The van der Waals surface area contributed by atoms with E-state index in [4.69, 9.17) is 10.8 Å². The minimum atomic E-state index is -4.30. The number of carboxylic acid groups (broad SMARTS) is 1. The molecular weight excluding hydrogens is 277 g/mol. The second-order valence-electron chi connectivity index (χ2n) is 3.72. The fourth-order valence-corrected chi connectivity index (χ4v) is 1.22. The van der Waals surface area contributed by atoms with E-state index in [2.05, 4.69) is 9.68 Å². The molecule has 0 spiro atoms. The SMILES string of the molecule is Cc1oncc1C(=O)O.Nc1cccc(C(F)(F)F)c1. The lowest BCUT2D eigenvalue weighted by Crippen LogP contribution is -2.04. The van der Waals surface area contributed by atoms with E-state index < -0.39 is 17.7 Å². The Kier molecular flexibility index (Phi) is 4.73. The largest absolute Gasteiger partial charge is 0.478 e. The molecule has 108 valence electrons. The van der Waals surface area contributed by atoms with Crippen LogP contribution in [0.25, 0.3) is 0 Å². The molecule has 20 heavy (non-hydrogen) atoms. The molecule has 1 heterocycles. The van der Waals surface area contributed by atoms with Gasteiger partial charge in [-0.2, -0.15) is 13.2 Å². The van der Waals surface area contributed by atoms with Gasteiger partial charge in [-0.05, 0) is 25.1 Å². The fourth-order valence-electron chi connectivity index (χ4n) is 1.22. The van der Waals surface area contributed by atoms with Crippen LogP contribution in [0.4, 0.5) is 18.9 Å². The maximum Gasteiger partial charge on any atom is 0.416 e. The Balaban J connectivity index is 0.000000204. The van der Waals surface area contributed by atoms with Crippen molar-refractivity contribution in [2.24, 2.45) is 0 Å². The Bertz CT molecular complexity index is 594. The zero-order chi connectivity index (χ0) is 15.3.